The Bertz CT molecular complexity index is 52.9. The average Bonchev–Trinajstić information content (AvgIpc) is 1.76. The van der Waals surface area contributed by atoms with Crippen molar-refractivity contribution in [2.75, 3.05) is 13.2 Å². The van der Waals surface area contributed by atoms with Crippen molar-refractivity contribution in [2.24, 2.45) is 4.99 Å². The Hall–Kier alpha value is 0.549. The molecule has 1 aliphatic rings. The second kappa shape index (κ2) is 6.55. The van der Waals surface area contributed by atoms with Crippen molar-refractivity contribution >= 4 is 16.3 Å². The van der Waals surface area contributed by atoms with Gasteiger partial charge in [-0.3, -0.25) is 4.99 Å². The van der Waals surface area contributed by atoms with Crippen LogP contribution in [-0.4, -0.2) is 19.6 Å². The summed E-state index contributed by atoms with van der Waals surface area (Å²) in [6.45, 7) is 1.62. The fourth-order valence-electron chi connectivity index (χ4n) is 0.264. The maximum Gasteiger partial charge on any atom is 0.169 e. The van der Waals surface area contributed by atoms with E-state index >= 15 is 0 Å². The molecule has 45 valence electrons. The van der Waals surface area contributed by atoms with Gasteiger partial charge >= 0.3 is 0 Å². The number of ether oxygens (including phenoxy) is 1. The Morgan fingerprint density at radius 2 is 2.29 bits per heavy atom. The first kappa shape index (κ1) is 10.5. The summed E-state index contributed by atoms with van der Waals surface area (Å²) in [5.41, 5.74) is 0. The van der Waals surface area contributed by atoms with Gasteiger partial charge in [-0.2, -0.15) is 9.90 Å². The monoisotopic (exact) mass is 298 g/mol. The molecule has 0 aliphatic carbocycles. The van der Waals surface area contributed by atoms with Gasteiger partial charge in [-0.05, 0) is 0 Å². The van der Waals surface area contributed by atoms with Crippen LogP contribution < -0.4 is 0 Å². The normalized spacial score (nSPS) is 13.7. The zero-order valence-corrected chi connectivity index (χ0v) is 7.70. The molecule has 0 spiro atoms. The Morgan fingerprint density at radius 1 is 1.57 bits per heavy atom. The SMILES string of the molecule is C1=NCCO1.P.[Ir]. The van der Waals surface area contributed by atoms with E-state index in [2.05, 4.69) is 9.73 Å². The zero-order valence-electron chi connectivity index (χ0n) is 3.89. The molecule has 0 N–H and O–H groups in total. The quantitative estimate of drug-likeness (QED) is 0.581. The molecule has 0 aromatic rings. The van der Waals surface area contributed by atoms with Gasteiger partial charge in [-0.25, -0.2) is 0 Å². The van der Waals surface area contributed by atoms with Gasteiger partial charge in [0, 0.05) is 20.1 Å². The molecule has 0 amide bonds. The Labute approximate surface area is 59.7 Å². The van der Waals surface area contributed by atoms with E-state index in [0.29, 0.717) is 0 Å². The summed E-state index contributed by atoms with van der Waals surface area (Å²) in [5, 5.41) is 0. The van der Waals surface area contributed by atoms with E-state index < -0.39 is 0 Å². The molecule has 1 radical (unpaired) electrons. The first-order chi connectivity index (χ1) is 2.50. The zero-order chi connectivity index (χ0) is 3.54. The van der Waals surface area contributed by atoms with Crippen molar-refractivity contribution in [2.45, 2.75) is 0 Å². The smallest absolute Gasteiger partial charge is 0.169 e. The van der Waals surface area contributed by atoms with Gasteiger partial charge in [0.15, 0.2) is 6.40 Å². The van der Waals surface area contributed by atoms with Crippen LogP contribution in [0.4, 0.5) is 0 Å². The Balaban J connectivity index is 0. The third-order valence-corrected chi connectivity index (χ3v) is 0.487. The van der Waals surface area contributed by atoms with Crippen LogP contribution in [-0.2, 0) is 24.8 Å². The van der Waals surface area contributed by atoms with Crippen molar-refractivity contribution in [3.8, 4) is 0 Å². The van der Waals surface area contributed by atoms with Gasteiger partial charge < -0.3 is 4.74 Å². The van der Waals surface area contributed by atoms with Crippen LogP contribution in [0.2, 0.25) is 0 Å². The molecule has 1 atom stereocenters. The second-order valence-corrected chi connectivity index (χ2v) is 0.882. The van der Waals surface area contributed by atoms with E-state index in [1.165, 1.54) is 6.40 Å². The topological polar surface area (TPSA) is 21.6 Å². The van der Waals surface area contributed by atoms with E-state index in [9.17, 15) is 0 Å². The van der Waals surface area contributed by atoms with Gasteiger partial charge in [0.1, 0.15) is 6.61 Å². The number of nitrogens with zero attached hydrogens (tertiary/aromatic N) is 1. The molecule has 1 unspecified atom stereocenters. The van der Waals surface area contributed by atoms with E-state index in [0.717, 1.165) is 13.2 Å². The van der Waals surface area contributed by atoms with Crippen molar-refractivity contribution in [3.05, 3.63) is 0 Å². The van der Waals surface area contributed by atoms with E-state index in [1.807, 2.05) is 0 Å². The van der Waals surface area contributed by atoms with Crippen LogP contribution in [0.15, 0.2) is 4.99 Å². The molecule has 7 heavy (non-hydrogen) atoms. The van der Waals surface area contributed by atoms with Gasteiger partial charge in [0.05, 0.1) is 6.54 Å². The summed E-state index contributed by atoms with van der Waals surface area (Å²) in [5.74, 6) is 0. The molecule has 0 saturated heterocycles. The van der Waals surface area contributed by atoms with Crippen molar-refractivity contribution in [3.63, 3.8) is 0 Å². The van der Waals surface area contributed by atoms with Crippen LogP contribution in [0, 0.1) is 0 Å². The van der Waals surface area contributed by atoms with Crippen LogP contribution in [0.3, 0.4) is 0 Å². The number of rotatable bonds is 0. The van der Waals surface area contributed by atoms with Crippen LogP contribution in [0.5, 0.6) is 0 Å². The predicted octanol–water partition coefficient (Wildman–Crippen LogP) is 0.100. The molecular formula is C3H8IrNOP. The molecule has 4 heteroatoms. The number of aliphatic imine (C=N–C) groups is 1. The molecule has 0 bridgehead atoms. The van der Waals surface area contributed by atoms with Crippen LogP contribution in [0.25, 0.3) is 0 Å². The number of hydrogen-bond donors (Lipinski definition) is 0. The minimum absolute atomic E-state index is 0. The van der Waals surface area contributed by atoms with E-state index in [1.54, 1.807) is 0 Å². The summed E-state index contributed by atoms with van der Waals surface area (Å²) in [7, 11) is 0. The van der Waals surface area contributed by atoms with Gasteiger partial charge in [-0.1, -0.05) is 0 Å². The first-order valence-corrected chi connectivity index (χ1v) is 1.60. The molecule has 2 nitrogen and oxygen atoms in total. The molecule has 0 saturated carbocycles. The minimum atomic E-state index is 0. The summed E-state index contributed by atoms with van der Waals surface area (Å²) in [4.78, 5) is 3.74. The molecular weight excluding hydrogens is 289 g/mol. The van der Waals surface area contributed by atoms with Gasteiger partial charge in [0.25, 0.3) is 0 Å². The molecule has 0 aromatic heterocycles. The van der Waals surface area contributed by atoms with Gasteiger partial charge in [0.2, 0.25) is 0 Å². The largest absolute Gasteiger partial charge is 0.482 e. The van der Waals surface area contributed by atoms with Crippen LogP contribution in [0.1, 0.15) is 0 Å². The summed E-state index contributed by atoms with van der Waals surface area (Å²) >= 11 is 0. The minimum Gasteiger partial charge on any atom is -0.482 e. The maximum absolute atomic E-state index is 4.65. The van der Waals surface area contributed by atoms with Crippen molar-refractivity contribution in [1.29, 1.82) is 0 Å². The van der Waals surface area contributed by atoms with Crippen molar-refractivity contribution in [1.82, 2.24) is 0 Å². The Kier molecular flexibility index (Phi) is 9.84. The predicted molar refractivity (Wildman–Crippen MR) is 30.4 cm³/mol. The van der Waals surface area contributed by atoms with E-state index in [4.69, 9.17) is 0 Å². The third kappa shape index (κ3) is 4.40. The fourth-order valence-corrected chi connectivity index (χ4v) is 0.264. The molecule has 1 heterocycles. The van der Waals surface area contributed by atoms with Crippen LogP contribution >= 0.6 is 9.90 Å². The molecule has 0 fully saturated rings. The van der Waals surface area contributed by atoms with Gasteiger partial charge in [-0.15, -0.1) is 0 Å². The molecule has 0 aromatic carbocycles. The average molecular weight is 297 g/mol. The maximum atomic E-state index is 4.65. The van der Waals surface area contributed by atoms with Crippen molar-refractivity contribution < 1.29 is 24.8 Å². The first-order valence-electron chi connectivity index (χ1n) is 1.60. The molecule has 1 rings (SSSR count). The third-order valence-electron chi connectivity index (χ3n) is 0.487. The summed E-state index contributed by atoms with van der Waals surface area (Å²) in [6, 6.07) is 0. The molecule has 1 aliphatic heterocycles. The Morgan fingerprint density at radius 3 is 2.43 bits per heavy atom. The second-order valence-electron chi connectivity index (χ2n) is 0.882. The standard InChI is InChI=1S/C3H5NO.Ir.H3P/c1-2-5-3-4-1;;/h3H,1-2H2;;1H3. The summed E-state index contributed by atoms with van der Waals surface area (Å²) in [6.07, 6.45) is 1.49. The summed E-state index contributed by atoms with van der Waals surface area (Å²) < 4.78 is 4.65. The van der Waals surface area contributed by atoms with E-state index in [-0.39, 0.29) is 30.0 Å². The fraction of sp³-hybridized carbons (Fsp3) is 0.667. The number of hydrogen-bond acceptors (Lipinski definition) is 2.